The standard InChI is InChI=1S/C17H25N3O/c1-2-3-14-8-13(9-16(18)20-14)17(21)19-10-15(11-4-5-11)12-6-7-12/h8-9,11-12,15H,2-7,10H2,1H3,(H2,18,20)(H,19,21). The molecule has 4 heteroatoms. The maximum Gasteiger partial charge on any atom is 0.251 e. The van der Waals surface area contributed by atoms with Crippen molar-refractivity contribution in [3.63, 3.8) is 0 Å². The van der Waals surface area contributed by atoms with Crippen LogP contribution in [0.4, 0.5) is 5.82 Å². The van der Waals surface area contributed by atoms with Crippen molar-refractivity contribution in [1.82, 2.24) is 10.3 Å². The van der Waals surface area contributed by atoms with Crippen LogP contribution < -0.4 is 11.1 Å². The van der Waals surface area contributed by atoms with E-state index in [9.17, 15) is 4.79 Å². The average Bonchev–Trinajstić information content (AvgIpc) is 3.32. The molecule has 4 nitrogen and oxygen atoms in total. The number of aromatic nitrogens is 1. The van der Waals surface area contributed by atoms with Gasteiger partial charge in [0.25, 0.3) is 5.91 Å². The smallest absolute Gasteiger partial charge is 0.251 e. The van der Waals surface area contributed by atoms with E-state index in [0.717, 1.165) is 36.9 Å². The summed E-state index contributed by atoms with van der Waals surface area (Å²) in [5.41, 5.74) is 7.36. The van der Waals surface area contributed by atoms with Gasteiger partial charge in [-0.2, -0.15) is 0 Å². The second-order valence-corrected chi connectivity index (χ2v) is 6.57. The molecular weight excluding hydrogens is 262 g/mol. The fraction of sp³-hybridized carbons (Fsp3) is 0.647. The summed E-state index contributed by atoms with van der Waals surface area (Å²) in [6.07, 6.45) is 7.25. The Balaban J connectivity index is 1.61. The minimum absolute atomic E-state index is 0.00671. The van der Waals surface area contributed by atoms with Gasteiger partial charge in [0.05, 0.1) is 0 Å². The summed E-state index contributed by atoms with van der Waals surface area (Å²) in [5.74, 6) is 2.84. The highest BCUT2D eigenvalue weighted by molar-refractivity contribution is 5.94. The van der Waals surface area contributed by atoms with Crippen molar-refractivity contribution in [2.24, 2.45) is 17.8 Å². The van der Waals surface area contributed by atoms with Crippen LogP contribution in [0.3, 0.4) is 0 Å². The Bertz CT molecular complexity index is 509. The molecule has 0 spiro atoms. The molecule has 1 amide bonds. The molecule has 0 unspecified atom stereocenters. The van der Waals surface area contributed by atoms with Gasteiger partial charge < -0.3 is 11.1 Å². The normalized spacial score (nSPS) is 18.0. The molecule has 0 aromatic carbocycles. The molecule has 1 aromatic rings. The molecule has 2 aliphatic carbocycles. The fourth-order valence-corrected chi connectivity index (χ4v) is 3.21. The van der Waals surface area contributed by atoms with E-state index in [1.54, 1.807) is 6.07 Å². The summed E-state index contributed by atoms with van der Waals surface area (Å²) in [6.45, 7) is 2.92. The van der Waals surface area contributed by atoms with Gasteiger partial charge in [-0.15, -0.1) is 0 Å². The maximum absolute atomic E-state index is 12.3. The number of aryl methyl sites for hydroxylation is 1. The number of rotatable bonds is 7. The molecule has 1 heterocycles. The van der Waals surface area contributed by atoms with E-state index in [-0.39, 0.29) is 5.91 Å². The van der Waals surface area contributed by atoms with Crippen molar-refractivity contribution in [2.45, 2.75) is 45.4 Å². The summed E-state index contributed by atoms with van der Waals surface area (Å²) in [6, 6.07) is 3.55. The predicted molar refractivity (Wildman–Crippen MR) is 83.9 cm³/mol. The zero-order valence-corrected chi connectivity index (χ0v) is 12.8. The lowest BCUT2D eigenvalue weighted by Crippen LogP contribution is -2.31. The van der Waals surface area contributed by atoms with E-state index < -0.39 is 0 Å². The lowest BCUT2D eigenvalue weighted by atomic mass is 9.98. The first-order valence-corrected chi connectivity index (χ1v) is 8.22. The highest BCUT2D eigenvalue weighted by Gasteiger charge is 2.41. The van der Waals surface area contributed by atoms with Crippen LogP contribution in [0.5, 0.6) is 0 Å². The van der Waals surface area contributed by atoms with E-state index in [1.165, 1.54) is 25.7 Å². The molecule has 0 atom stereocenters. The van der Waals surface area contributed by atoms with Gasteiger partial charge in [-0.3, -0.25) is 4.79 Å². The predicted octanol–water partition coefficient (Wildman–Crippen LogP) is 2.78. The Morgan fingerprint density at radius 1 is 1.33 bits per heavy atom. The van der Waals surface area contributed by atoms with Gasteiger partial charge in [-0.1, -0.05) is 13.3 Å². The van der Waals surface area contributed by atoms with E-state index in [1.807, 2.05) is 6.07 Å². The van der Waals surface area contributed by atoms with Crippen molar-refractivity contribution in [1.29, 1.82) is 0 Å². The first kappa shape index (κ1) is 14.4. The van der Waals surface area contributed by atoms with E-state index in [0.29, 0.717) is 17.3 Å². The molecule has 0 bridgehead atoms. The highest BCUT2D eigenvalue weighted by atomic mass is 16.1. The third-order valence-corrected chi connectivity index (χ3v) is 4.62. The van der Waals surface area contributed by atoms with Crippen LogP contribution in [0.25, 0.3) is 0 Å². The largest absolute Gasteiger partial charge is 0.384 e. The third-order valence-electron chi connectivity index (χ3n) is 4.62. The number of hydrogen-bond donors (Lipinski definition) is 2. The van der Waals surface area contributed by atoms with Crippen molar-refractivity contribution in [3.8, 4) is 0 Å². The van der Waals surface area contributed by atoms with Gasteiger partial charge in [-0.25, -0.2) is 4.98 Å². The quantitative estimate of drug-likeness (QED) is 0.810. The number of nitrogens with two attached hydrogens (primary N) is 1. The molecule has 0 radical (unpaired) electrons. The summed E-state index contributed by atoms with van der Waals surface area (Å²) >= 11 is 0. The fourth-order valence-electron chi connectivity index (χ4n) is 3.21. The number of nitrogens with one attached hydrogen (secondary N) is 1. The number of carbonyl (C=O) groups excluding carboxylic acids is 1. The van der Waals surface area contributed by atoms with Gasteiger partial charge in [-0.05, 0) is 62.0 Å². The van der Waals surface area contributed by atoms with Crippen LogP contribution in [0.1, 0.15) is 55.1 Å². The van der Waals surface area contributed by atoms with Crippen LogP contribution in [-0.2, 0) is 6.42 Å². The summed E-state index contributed by atoms with van der Waals surface area (Å²) in [5, 5.41) is 3.12. The first-order valence-electron chi connectivity index (χ1n) is 8.22. The van der Waals surface area contributed by atoms with Crippen molar-refractivity contribution in [2.75, 3.05) is 12.3 Å². The third kappa shape index (κ3) is 3.74. The maximum atomic E-state index is 12.3. The summed E-state index contributed by atoms with van der Waals surface area (Å²) in [4.78, 5) is 16.6. The number of hydrogen-bond acceptors (Lipinski definition) is 3. The minimum Gasteiger partial charge on any atom is -0.384 e. The summed E-state index contributed by atoms with van der Waals surface area (Å²) < 4.78 is 0. The lowest BCUT2D eigenvalue weighted by Gasteiger charge is -2.16. The first-order chi connectivity index (χ1) is 10.2. The van der Waals surface area contributed by atoms with Crippen LogP contribution in [-0.4, -0.2) is 17.4 Å². The van der Waals surface area contributed by atoms with Crippen molar-refractivity contribution < 1.29 is 4.79 Å². The van der Waals surface area contributed by atoms with Crippen LogP contribution >= 0.6 is 0 Å². The Labute approximate surface area is 126 Å². The number of nitrogen functional groups attached to an aromatic ring is 1. The summed E-state index contributed by atoms with van der Waals surface area (Å²) in [7, 11) is 0. The van der Waals surface area contributed by atoms with Gasteiger partial charge in [0.15, 0.2) is 0 Å². The molecule has 2 fully saturated rings. The average molecular weight is 287 g/mol. The van der Waals surface area contributed by atoms with Crippen molar-refractivity contribution in [3.05, 3.63) is 23.4 Å². The van der Waals surface area contributed by atoms with E-state index >= 15 is 0 Å². The number of anilines is 1. The molecule has 0 saturated heterocycles. The van der Waals surface area contributed by atoms with Gasteiger partial charge in [0.1, 0.15) is 5.82 Å². The number of carbonyl (C=O) groups is 1. The minimum atomic E-state index is -0.00671. The molecule has 3 N–H and O–H groups in total. The monoisotopic (exact) mass is 287 g/mol. The molecule has 3 rings (SSSR count). The van der Waals surface area contributed by atoms with Crippen LogP contribution in [0, 0.1) is 17.8 Å². The lowest BCUT2D eigenvalue weighted by molar-refractivity contribution is 0.0943. The topological polar surface area (TPSA) is 68.0 Å². The molecule has 114 valence electrons. The molecular formula is C17H25N3O. The van der Waals surface area contributed by atoms with Gasteiger partial charge >= 0.3 is 0 Å². The molecule has 1 aromatic heterocycles. The zero-order valence-electron chi connectivity index (χ0n) is 12.8. The second-order valence-electron chi connectivity index (χ2n) is 6.57. The van der Waals surface area contributed by atoms with E-state index in [4.69, 9.17) is 5.73 Å². The molecule has 2 aliphatic rings. The van der Waals surface area contributed by atoms with Crippen molar-refractivity contribution >= 4 is 11.7 Å². The Hall–Kier alpha value is -1.58. The highest BCUT2D eigenvalue weighted by Crippen LogP contribution is 2.48. The Kier molecular flexibility index (Phi) is 4.13. The van der Waals surface area contributed by atoms with Gasteiger partial charge in [0, 0.05) is 17.8 Å². The van der Waals surface area contributed by atoms with Crippen LogP contribution in [0.2, 0.25) is 0 Å². The number of nitrogens with zero attached hydrogens (tertiary/aromatic N) is 1. The molecule has 2 saturated carbocycles. The number of pyridine rings is 1. The van der Waals surface area contributed by atoms with Gasteiger partial charge in [0.2, 0.25) is 0 Å². The molecule has 0 aliphatic heterocycles. The zero-order chi connectivity index (χ0) is 14.8. The Morgan fingerprint density at radius 2 is 2.00 bits per heavy atom. The second kappa shape index (κ2) is 6.04. The van der Waals surface area contributed by atoms with E-state index in [2.05, 4.69) is 17.2 Å². The SMILES string of the molecule is CCCc1cc(C(=O)NCC(C2CC2)C2CC2)cc(N)n1. The number of amides is 1. The van der Waals surface area contributed by atoms with Crippen LogP contribution in [0.15, 0.2) is 12.1 Å². The molecule has 21 heavy (non-hydrogen) atoms. The Morgan fingerprint density at radius 3 is 2.57 bits per heavy atom.